The molecule has 1 aliphatic heterocycles. The standard InChI is InChI=1S/C29H33FN6O/c1-19(2)36-28-25(18-31-36)24(17-26(32-28)20-8-5-4-6-9-20)29(37)35(3)15-7-10-23-16-27(34-33-23)21-11-13-22(30)14-12-21/h4-6,8-9,11-14,17-19,23,27,33-34H,7,10,15-16H2,1-3H3. The zero-order valence-corrected chi connectivity index (χ0v) is 21.5. The predicted molar refractivity (Wildman–Crippen MR) is 143 cm³/mol. The molecule has 5 rings (SSSR count). The number of pyridine rings is 1. The van der Waals surface area contributed by atoms with Gasteiger partial charge in [0.15, 0.2) is 5.65 Å². The molecule has 0 aliphatic carbocycles. The molecule has 2 aromatic heterocycles. The Balaban J connectivity index is 1.27. The first-order valence-electron chi connectivity index (χ1n) is 12.9. The van der Waals surface area contributed by atoms with E-state index in [0.717, 1.165) is 47.1 Å². The van der Waals surface area contributed by atoms with Crippen molar-refractivity contribution in [1.29, 1.82) is 0 Å². The second-order valence-corrected chi connectivity index (χ2v) is 10.0. The van der Waals surface area contributed by atoms with E-state index in [0.29, 0.717) is 18.2 Å². The van der Waals surface area contributed by atoms with E-state index in [1.165, 1.54) is 12.1 Å². The van der Waals surface area contributed by atoms with E-state index in [1.807, 2.05) is 60.3 Å². The highest BCUT2D eigenvalue weighted by Crippen LogP contribution is 2.28. The summed E-state index contributed by atoms with van der Waals surface area (Å²) in [6.07, 6.45) is 4.46. The topological polar surface area (TPSA) is 75.1 Å². The van der Waals surface area contributed by atoms with E-state index >= 15 is 0 Å². The van der Waals surface area contributed by atoms with Crippen LogP contribution in [0.15, 0.2) is 66.9 Å². The van der Waals surface area contributed by atoms with Crippen LogP contribution in [0.3, 0.4) is 0 Å². The molecule has 1 saturated heterocycles. The number of carbonyl (C=O) groups is 1. The summed E-state index contributed by atoms with van der Waals surface area (Å²) in [7, 11) is 1.85. The van der Waals surface area contributed by atoms with Crippen molar-refractivity contribution in [3.63, 3.8) is 0 Å². The lowest BCUT2D eigenvalue weighted by molar-refractivity contribution is 0.0793. The Morgan fingerprint density at radius 1 is 1.14 bits per heavy atom. The molecular formula is C29H33FN6O. The Kier molecular flexibility index (Phi) is 7.30. The van der Waals surface area contributed by atoms with Crippen LogP contribution in [0.5, 0.6) is 0 Å². The number of amides is 1. The van der Waals surface area contributed by atoms with Crippen molar-refractivity contribution >= 4 is 16.9 Å². The molecule has 8 heteroatoms. The molecule has 1 fully saturated rings. The van der Waals surface area contributed by atoms with Crippen LogP contribution in [0, 0.1) is 5.82 Å². The van der Waals surface area contributed by atoms with Gasteiger partial charge in [-0.3, -0.25) is 15.6 Å². The molecule has 7 nitrogen and oxygen atoms in total. The van der Waals surface area contributed by atoms with Crippen molar-refractivity contribution in [2.24, 2.45) is 0 Å². The smallest absolute Gasteiger partial charge is 0.254 e. The molecule has 1 aliphatic rings. The number of halogens is 1. The maximum atomic E-state index is 13.6. The third-order valence-electron chi connectivity index (χ3n) is 7.00. The summed E-state index contributed by atoms with van der Waals surface area (Å²) in [5, 5.41) is 5.30. The van der Waals surface area contributed by atoms with Crippen LogP contribution in [-0.4, -0.2) is 45.2 Å². The molecule has 0 spiro atoms. The van der Waals surface area contributed by atoms with E-state index in [1.54, 1.807) is 11.1 Å². The highest BCUT2D eigenvalue weighted by atomic mass is 19.1. The van der Waals surface area contributed by atoms with E-state index in [9.17, 15) is 9.18 Å². The Labute approximate surface area is 216 Å². The van der Waals surface area contributed by atoms with Crippen molar-refractivity contribution < 1.29 is 9.18 Å². The van der Waals surface area contributed by atoms with Crippen LogP contribution in [0.2, 0.25) is 0 Å². The van der Waals surface area contributed by atoms with Gasteiger partial charge < -0.3 is 4.90 Å². The van der Waals surface area contributed by atoms with Gasteiger partial charge in [0.05, 0.1) is 22.8 Å². The Hall–Kier alpha value is -3.62. The molecule has 0 bridgehead atoms. The van der Waals surface area contributed by atoms with Gasteiger partial charge >= 0.3 is 0 Å². The van der Waals surface area contributed by atoms with Crippen LogP contribution in [0.4, 0.5) is 4.39 Å². The minimum Gasteiger partial charge on any atom is -0.342 e. The third kappa shape index (κ3) is 5.40. The fraction of sp³-hybridized carbons (Fsp3) is 0.345. The van der Waals surface area contributed by atoms with Gasteiger partial charge in [-0.25, -0.2) is 14.1 Å². The first kappa shape index (κ1) is 25.0. The quantitative estimate of drug-likeness (QED) is 0.344. The maximum absolute atomic E-state index is 13.6. The summed E-state index contributed by atoms with van der Waals surface area (Å²) >= 11 is 0. The number of benzene rings is 2. The zero-order valence-electron chi connectivity index (χ0n) is 21.5. The number of hydrogen-bond donors (Lipinski definition) is 2. The molecule has 2 atom stereocenters. The normalized spacial score (nSPS) is 17.5. The van der Waals surface area contributed by atoms with Crippen molar-refractivity contribution in [1.82, 2.24) is 30.5 Å². The number of carbonyl (C=O) groups excluding carboxylic acids is 1. The molecule has 0 radical (unpaired) electrons. The number of hydrogen-bond acceptors (Lipinski definition) is 5. The monoisotopic (exact) mass is 500 g/mol. The van der Waals surface area contributed by atoms with Crippen molar-refractivity contribution in [2.75, 3.05) is 13.6 Å². The lowest BCUT2D eigenvalue weighted by Gasteiger charge is -2.19. The number of rotatable bonds is 8. The summed E-state index contributed by atoms with van der Waals surface area (Å²) in [4.78, 5) is 20.3. The highest BCUT2D eigenvalue weighted by Gasteiger charge is 2.25. The molecule has 2 unspecified atom stereocenters. The van der Waals surface area contributed by atoms with Gasteiger partial charge in [-0.15, -0.1) is 0 Å². The molecule has 192 valence electrons. The second-order valence-electron chi connectivity index (χ2n) is 10.0. The van der Waals surface area contributed by atoms with Crippen LogP contribution in [-0.2, 0) is 0 Å². The van der Waals surface area contributed by atoms with Gasteiger partial charge in [0.1, 0.15) is 5.82 Å². The number of fused-ring (bicyclic) bond motifs is 1. The number of nitrogens with one attached hydrogen (secondary N) is 2. The van der Waals surface area contributed by atoms with Crippen LogP contribution in [0.25, 0.3) is 22.3 Å². The number of aromatic nitrogens is 3. The van der Waals surface area contributed by atoms with Crippen LogP contribution >= 0.6 is 0 Å². The van der Waals surface area contributed by atoms with Gasteiger partial charge in [-0.2, -0.15) is 5.10 Å². The lowest BCUT2D eigenvalue weighted by atomic mass is 9.99. The summed E-state index contributed by atoms with van der Waals surface area (Å²) in [6, 6.07) is 19.0. The third-order valence-corrected chi connectivity index (χ3v) is 7.00. The molecule has 37 heavy (non-hydrogen) atoms. The minimum atomic E-state index is -0.224. The molecule has 3 heterocycles. The first-order chi connectivity index (χ1) is 17.9. The molecular weight excluding hydrogens is 467 g/mol. The molecule has 4 aromatic rings. The van der Waals surface area contributed by atoms with Gasteiger partial charge in [-0.1, -0.05) is 42.5 Å². The van der Waals surface area contributed by atoms with E-state index in [-0.39, 0.29) is 23.8 Å². The van der Waals surface area contributed by atoms with Gasteiger partial charge in [0.2, 0.25) is 0 Å². The van der Waals surface area contributed by atoms with Crippen LogP contribution in [0.1, 0.15) is 61.1 Å². The fourth-order valence-electron chi connectivity index (χ4n) is 4.94. The summed E-state index contributed by atoms with van der Waals surface area (Å²) < 4.78 is 15.1. The average molecular weight is 501 g/mol. The Morgan fingerprint density at radius 2 is 1.89 bits per heavy atom. The molecule has 1 amide bonds. The summed E-state index contributed by atoms with van der Waals surface area (Å²) in [6.45, 7) is 4.76. The van der Waals surface area contributed by atoms with Crippen LogP contribution < -0.4 is 10.9 Å². The number of hydrazine groups is 1. The minimum absolute atomic E-state index is 0.0328. The highest BCUT2D eigenvalue weighted by molar-refractivity contribution is 6.06. The van der Waals surface area contributed by atoms with Crippen molar-refractivity contribution in [3.8, 4) is 11.3 Å². The molecule has 2 aromatic carbocycles. The molecule has 0 saturated carbocycles. The average Bonchev–Trinajstić information content (AvgIpc) is 3.56. The van der Waals surface area contributed by atoms with Gasteiger partial charge in [-0.05, 0) is 56.9 Å². The van der Waals surface area contributed by atoms with Crippen molar-refractivity contribution in [3.05, 3.63) is 83.8 Å². The Morgan fingerprint density at radius 3 is 2.62 bits per heavy atom. The predicted octanol–water partition coefficient (Wildman–Crippen LogP) is 5.28. The lowest BCUT2D eigenvalue weighted by Crippen LogP contribution is -2.32. The van der Waals surface area contributed by atoms with Gasteiger partial charge in [0, 0.05) is 37.3 Å². The summed E-state index contributed by atoms with van der Waals surface area (Å²) in [5.41, 5.74) is 10.8. The van der Waals surface area contributed by atoms with Gasteiger partial charge in [0.25, 0.3) is 5.91 Å². The SMILES string of the molecule is CC(C)n1ncc2c(C(=O)N(C)CCCC3CC(c4ccc(F)cc4)NN3)cc(-c3ccccc3)nc21. The zero-order chi connectivity index (χ0) is 25.9. The maximum Gasteiger partial charge on any atom is 0.254 e. The van der Waals surface area contributed by atoms with E-state index in [4.69, 9.17) is 4.98 Å². The summed E-state index contributed by atoms with van der Waals surface area (Å²) in [5.74, 6) is -0.257. The first-order valence-corrected chi connectivity index (χ1v) is 12.9. The molecule has 2 N–H and O–H groups in total. The Bertz CT molecular complexity index is 1370. The largest absolute Gasteiger partial charge is 0.342 e. The van der Waals surface area contributed by atoms with E-state index < -0.39 is 0 Å². The fourth-order valence-corrected chi connectivity index (χ4v) is 4.94. The van der Waals surface area contributed by atoms with E-state index in [2.05, 4.69) is 29.8 Å². The van der Waals surface area contributed by atoms with Crippen molar-refractivity contribution in [2.45, 2.75) is 51.2 Å². The second kappa shape index (κ2) is 10.8. The number of nitrogens with zero attached hydrogens (tertiary/aromatic N) is 4.